The van der Waals surface area contributed by atoms with E-state index in [4.69, 9.17) is 4.74 Å². The van der Waals surface area contributed by atoms with E-state index in [0.717, 1.165) is 30.6 Å². The van der Waals surface area contributed by atoms with Crippen molar-refractivity contribution in [3.8, 4) is 5.75 Å². The number of anilines is 1. The fourth-order valence-electron chi connectivity index (χ4n) is 3.43. The van der Waals surface area contributed by atoms with Crippen LogP contribution >= 0.6 is 0 Å². The summed E-state index contributed by atoms with van der Waals surface area (Å²) >= 11 is 0. The minimum atomic E-state index is -3.69. The van der Waals surface area contributed by atoms with Crippen molar-refractivity contribution in [1.29, 1.82) is 0 Å². The fourth-order valence-corrected chi connectivity index (χ4v) is 4.52. The molecule has 2 aromatic carbocycles. The Kier molecular flexibility index (Phi) is 8.24. The highest BCUT2D eigenvalue weighted by atomic mass is 32.2. The standard InChI is InChI=1S/C23H30N4O4S/c1-27(16-18-7-11-20(31-2)12-8-18)17-23(28)25-19-9-13-21(14-10-19)32(29,30)26-22-6-4-3-5-15-24-22/h7-14H,3-6,15-17H2,1-2H3,(H,24,26)(H,25,28). The number of nitrogens with one attached hydrogen (secondary N) is 2. The van der Waals surface area contributed by atoms with Crippen LogP contribution in [0.4, 0.5) is 5.69 Å². The first kappa shape index (κ1) is 23.7. The molecule has 172 valence electrons. The highest BCUT2D eigenvalue weighted by Gasteiger charge is 2.17. The summed E-state index contributed by atoms with van der Waals surface area (Å²) in [6.07, 6.45) is 3.60. The average molecular weight is 459 g/mol. The number of likely N-dealkylation sites (N-methyl/N-ethyl adjacent to an activating group) is 1. The molecule has 3 rings (SSSR count). The number of nitrogens with zero attached hydrogens (tertiary/aromatic N) is 2. The molecule has 0 unspecified atom stereocenters. The van der Waals surface area contributed by atoms with Crippen LogP contribution in [0.1, 0.15) is 31.2 Å². The Morgan fingerprint density at radius 3 is 2.47 bits per heavy atom. The Morgan fingerprint density at radius 2 is 1.78 bits per heavy atom. The highest BCUT2D eigenvalue weighted by molar-refractivity contribution is 7.90. The van der Waals surface area contributed by atoms with E-state index in [2.05, 4.69) is 15.0 Å². The summed E-state index contributed by atoms with van der Waals surface area (Å²) in [6.45, 7) is 1.47. The monoisotopic (exact) mass is 458 g/mol. The quantitative estimate of drug-likeness (QED) is 0.633. The lowest BCUT2D eigenvalue weighted by molar-refractivity contribution is -0.117. The molecule has 0 bridgehead atoms. The molecule has 0 atom stereocenters. The SMILES string of the molecule is COc1ccc(CN(C)CC(=O)Nc2ccc(S(=O)(=O)NC3=NCCCCC3)cc2)cc1. The summed E-state index contributed by atoms with van der Waals surface area (Å²) in [5, 5.41) is 2.81. The van der Waals surface area contributed by atoms with E-state index >= 15 is 0 Å². The van der Waals surface area contributed by atoms with E-state index in [-0.39, 0.29) is 17.3 Å². The lowest BCUT2D eigenvalue weighted by Gasteiger charge is -2.17. The van der Waals surface area contributed by atoms with Gasteiger partial charge in [0.25, 0.3) is 10.0 Å². The Hall–Kier alpha value is -2.91. The Morgan fingerprint density at radius 1 is 1.06 bits per heavy atom. The zero-order chi connectivity index (χ0) is 23.0. The van der Waals surface area contributed by atoms with Gasteiger partial charge < -0.3 is 10.1 Å². The van der Waals surface area contributed by atoms with Gasteiger partial charge in [-0.05, 0) is 61.9 Å². The van der Waals surface area contributed by atoms with E-state index in [1.807, 2.05) is 36.2 Å². The van der Waals surface area contributed by atoms with Crippen molar-refractivity contribution in [2.24, 2.45) is 4.99 Å². The topological polar surface area (TPSA) is 100 Å². The summed E-state index contributed by atoms with van der Waals surface area (Å²) in [6, 6.07) is 13.8. The normalized spacial score (nSPS) is 14.4. The molecule has 0 spiro atoms. The fraction of sp³-hybridized carbons (Fsp3) is 0.391. The molecule has 1 amide bonds. The van der Waals surface area contributed by atoms with Gasteiger partial charge in [-0.2, -0.15) is 0 Å². The van der Waals surface area contributed by atoms with Crippen molar-refractivity contribution < 1.29 is 17.9 Å². The summed E-state index contributed by atoms with van der Waals surface area (Å²) in [5.41, 5.74) is 1.61. The van der Waals surface area contributed by atoms with Crippen LogP contribution < -0.4 is 14.8 Å². The number of carbonyl (C=O) groups excluding carboxylic acids is 1. The predicted octanol–water partition coefficient (Wildman–Crippen LogP) is 3.02. The van der Waals surface area contributed by atoms with E-state index in [9.17, 15) is 13.2 Å². The van der Waals surface area contributed by atoms with Gasteiger partial charge in [-0.25, -0.2) is 8.42 Å². The predicted molar refractivity (Wildman–Crippen MR) is 125 cm³/mol. The van der Waals surface area contributed by atoms with Gasteiger partial charge in [0.2, 0.25) is 5.91 Å². The van der Waals surface area contributed by atoms with Crippen molar-refractivity contribution >= 4 is 27.5 Å². The highest BCUT2D eigenvalue weighted by Crippen LogP contribution is 2.16. The number of sulfonamides is 1. The smallest absolute Gasteiger partial charge is 0.262 e. The molecule has 2 N–H and O–H groups in total. The molecule has 2 aromatic rings. The number of hydrogen-bond acceptors (Lipinski definition) is 6. The summed E-state index contributed by atoms with van der Waals surface area (Å²) in [4.78, 5) is 18.7. The maximum atomic E-state index is 12.6. The van der Waals surface area contributed by atoms with Crippen molar-refractivity contribution in [3.05, 3.63) is 54.1 Å². The molecule has 32 heavy (non-hydrogen) atoms. The molecular weight excluding hydrogens is 428 g/mol. The maximum Gasteiger partial charge on any atom is 0.262 e. The van der Waals surface area contributed by atoms with Crippen LogP contribution in [-0.2, 0) is 21.4 Å². The maximum absolute atomic E-state index is 12.6. The Labute approximate surface area is 189 Å². The Balaban J connectivity index is 1.52. The second-order valence-corrected chi connectivity index (χ2v) is 9.52. The van der Waals surface area contributed by atoms with Gasteiger partial charge in [0.1, 0.15) is 11.6 Å². The molecule has 1 aliphatic rings. The number of aliphatic imine (C=N–C) groups is 1. The first-order chi connectivity index (χ1) is 15.4. The number of amides is 1. The second-order valence-electron chi connectivity index (χ2n) is 7.84. The molecule has 0 fully saturated rings. The lowest BCUT2D eigenvalue weighted by Crippen LogP contribution is -2.31. The van der Waals surface area contributed by atoms with Crippen molar-refractivity contribution in [2.45, 2.75) is 37.1 Å². The van der Waals surface area contributed by atoms with Gasteiger partial charge in [-0.15, -0.1) is 0 Å². The molecule has 8 nitrogen and oxygen atoms in total. The molecular formula is C23H30N4O4S. The first-order valence-corrected chi connectivity index (χ1v) is 12.1. The van der Waals surface area contributed by atoms with E-state index in [1.54, 1.807) is 19.2 Å². The van der Waals surface area contributed by atoms with E-state index in [1.165, 1.54) is 12.1 Å². The molecule has 0 aromatic heterocycles. The number of methoxy groups -OCH3 is 1. The molecule has 0 saturated heterocycles. The number of benzene rings is 2. The van der Waals surface area contributed by atoms with Gasteiger partial charge in [0.05, 0.1) is 18.6 Å². The molecule has 1 heterocycles. The summed E-state index contributed by atoms with van der Waals surface area (Å²) in [5.74, 6) is 1.12. The summed E-state index contributed by atoms with van der Waals surface area (Å²) in [7, 11) is -0.207. The third-order valence-corrected chi connectivity index (χ3v) is 6.50. The second kappa shape index (κ2) is 11.1. The van der Waals surface area contributed by atoms with Crippen LogP contribution in [-0.4, -0.2) is 52.3 Å². The summed E-state index contributed by atoms with van der Waals surface area (Å²) < 4.78 is 33.0. The molecule has 1 aliphatic heterocycles. The van der Waals surface area contributed by atoms with E-state index in [0.29, 0.717) is 31.0 Å². The molecule has 0 radical (unpaired) electrons. The number of carbonyl (C=O) groups is 1. The lowest BCUT2D eigenvalue weighted by atomic mass is 10.2. The zero-order valence-electron chi connectivity index (χ0n) is 18.5. The zero-order valence-corrected chi connectivity index (χ0v) is 19.3. The van der Waals surface area contributed by atoms with Crippen LogP contribution in [0.3, 0.4) is 0 Å². The van der Waals surface area contributed by atoms with Gasteiger partial charge in [-0.3, -0.25) is 19.4 Å². The first-order valence-electron chi connectivity index (χ1n) is 10.6. The van der Waals surface area contributed by atoms with E-state index < -0.39 is 10.0 Å². The largest absolute Gasteiger partial charge is 0.497 e. The number of rotatable bonds is 8. The minimum absolute atomic E-state index is 0.138. The molecule has 0 saturated carbocycles. The molecule has 0 aliphatic carbocycles. The number of hydrogen-bond donors (Lipinski definition) is 2. The van der Waals surface area contributed by atoms with Crippen LogP contribution in [0.5, 0.6) is 5.75 Å². The van der Waals surface area contributed by atoms with Crippen LogP contribution in [0.25, 0.3) is 0 Å². The van der Waals surface area contributed by atoms with Crippen LogP contribution in [0.2, 0.25) is 0 Å². The van der Waals surface area contributed by atoms with Crippen molar-refractivity contribution in [2.75, 3.05) is 32.6 Å². The van der Waals surface area contributed by atoms with Gasteiger partial charge in [0.15, 0.2) is 0 Å². The molecule has 9 heteroatoms. The minimum Gasteiger partial charge on any atom is -0.497 e. The van der Waals surface area contributed by atoms with Gasteiger partial charge in [-0.1, -0.05) is 18.6 Å². The van der Waals surface area contributed by atoms with Crippen LogP contribution in [0, 0.1) is 0 Å². The number of ether oxygens (including phenoxy) is 1. The van der Waals surface area contributed by atoms with Crippen molar-refractivity contribution in [1.82, 2.24) is 9.62 Å². The van der Waals surface area contributed by atoms with Gasteiger partial charge >= 0.3 is 0 Å². The average Bonchev–Trinajstić information content (AvgIpc) is 3.02. The third kappa shape index (κ3) is 7.06. The third-order valence-electron chi connectivity index (χ3n) is 5.10. The Bertz CT molecular complexity index is 1030. The van der Waals surface area contributed by atoms with Crippen molar-refractivity contribution in [3.63, 3.8) is 0 Å². The van der Waals surface area contributed by atoms with Gasteiger partial charge in [0, 0.05) is 25.2 Å². The van der Waals surface area contributed by atoms with Crippen LogP contribution in [0.15, 0.2) is 58.4 Å². The number of amidine groups is 1.